The maximum absolute atomic E-state index is 12.7. The van der Waals surface area contributed by atoms with Gasteiger partial charge in [0.05, 0.1) is 5.92 Å². The molecule has 2 saturated carbocycles. The summed E-state index contributed by atoms with van der Waals surface area (Å²) in [7, 11) is 0. The molecule has 7 heteroatoms. The second-order valence-corrected chi connectivity index (χ2v) is 9.52. The minimum atomic E-state index is -0.373. The van der Waals surface area contributed by atoms with Crippen LogP contribution in [-0.2, 0) is 9.59 Å². The molecule has 3 N–H and O–H groups in total. The van der Waals surface area contributed by atoms with Crippen molar-refractivity contribution in [3.8, 4) is 0 Å². The van der Waals surface area contributed by atoms with Crippen molar-refractivity contribution >= 4 is 36.0 Å². The Hall–Kier alpha value is -0.460. The van der Waals surface area contributed by atoms with Crippen LogP contribution in [0.15, 0.2) is 0 Å². The molecule has 0 aromatic carbocycles. The molecule has 0 bridgehead atoms. The number of nitrogens with two attached hydrogens (primary N) is 1. The average molecular weight is 404 g/mol. The molecule has 1 aliphatic heterocycles. The summed E-state index contributed by atoms with van der Waals surface area (Å²) in [5, 5.41) is 3.24. The van der Waals surface area contributed by atoms with Crippen LogP contribution in [-0.4, -0.2) is 52.9 Å². The van der Waals surface area contributed by atoms with Crippen LogP contribution in [0.1, 0.15) is 58.3 Å². The van der Waals surface area contributed by atoms with Crippen molar-refractivity contribution < 1.29 is 9.59 Å². The molecule has 0 aromatic rings. The average Bonchev–Trinajstić information content (AvgIpc) is 2.62. The van der Waals surface area contributed by atoms with Gasteiger partial charge >= 0.3 is 0 Å². The van der Waals surface area contributed by atoms with E-state index in [4.69, 9.17) is 5.73 Å². The van der Waals surface area contributed by atoms with Crippen molar-refractivity contribution in [1.29, 1.82) is 0 Å². The lowest BCUT2D eigenvalue weighted by molar-refractivity contribution is -0.136. The molecule has 0 aromatic heterocycles. The molecule has 3 rings (SSSR count). The lowest BCUT2D eigenvalue weighted by Gasteiger charge is -2.39. The molecule has 2 amide bonds. The van der Waals surface area contributed by atoms with E-state index in [1.54, 1.807) is 0 Å². The van der Waals surface area contributed by atoms with Crippen molar-refractivity contribution in [3.63, 3.8) is 0 Å². The number of carbonyl (C=O) groups excluding carboxylic acids is 2. The predicted octanol–water partition coefficient (Wildman–Crippen LogP) is 2.57. The van der Waals surface area contributed by atoms with Gasteiger partial charge in [-0.2, -0.15) is 11.8 Å². The van der Waals surface area contributed by atoms with Crippen molar-refractivity contribution in [3.05, 3.63) is 0 Å². The first-order valence-corrected chi connectivity index (χ1v) is 11.1. The van der Waals surface area contributed by atoms with Crippen LogP contribution in [0.5, 0.6) is 0 Å². The van der Waals surface area contributed by atoms with Crippen LogP contribution >= 0.6 is 24.2 Å². The molecule has 3 aliphatic rings. The molecular formula is C19H34ClN3O2S. The van der Waals surface area contributed by atoms with E-state index in [0.717, 1.165) is 76.0 Å². The van der Waals surface area contributed by atoms with Crippen LogP contribution < -0.4 is 11.1 Å². The molecule has 2 unspecified atom stereocenters. The maximum atomic E-state index is 12.7. The van der Waals surface area contributed by atoms with Crippen LogP contribution in [0.3, 0.4) is 0 Å². The summed E-state index contributed by atoms with van der Waals surface area (Å²) in [6.45, 7) is 3.82. The molecule has 150 valence electrons. The van der Waals surface area contributed by atoms with E-state index < -0.39 is 0 Å². The first kappa shape index (κ1) is 21.8. The summed E-state index contributed by atoms with van der Waals surface area (Å²) in [5.41, 5.74) is 5.99. The van der Waals surface area contributed by atoms with Gasteiger partial charge in [-0.05, 0) is 45.4 Å². The zero-order chi connectivity index (χ0) is 17.9. The van der Waals surface area contributed by atoms with Crippen molar-refractivity contribution in [2.24, 2.45) is 17.6 Å². The zero-order valence-corrected chi connectivity index (χ0v) is 17.5. The van der Waals surface area contributed by atoms with Crippen LogP contribution in [0.4, 0.5) is 0 Å². The molecule has 0 spiro atoms. The number of thioether (sulfide) groups is 1. The Morgan fingerprint density at radius 1 is 1.08 bits per heavy atom. The van der Waals surface area contributed by atoms with Gasteiger partial charge in [0.2, 0.25) is 11.8 Å². The molecule has 2 aliphatic carbocycles. The maximum Gasteiger partial charge on any atom is 0.225 e. The Bertz CT molecular complexity index is 489. The fourth-order valence-corrected chi connectivity index (χ4v) is 5.52. The summed E-state index contributed by atoms with van der Waals surface area (Å²) in [6, 6.07) is 0.214. The molecule has 1 heterocycles. The van der Waals surface area contributed by atoms with Crippen molar-refractivity contribution in [1.82, 2.24) is 10.2 Å². The highest BCUT2D eigenvalue weighted by Gasteiger charge is 2.39. The molecule has 0 radical (unpaired) electrons. The fourth-order valence-electron chi connectivity index (χ4n) is 4.62. The van der Waals surface area contributed by atoms with E-state index in [2.05, 4.69) is 5.32 Å². The summed E-state index contributed by atoms with van der Waals surface area (Å²) < 4.78 is 0. The first-order valence-electron chi connectivity index (χ1n) is 9.93. The Balaban J connectivity index is 0.00000243. The van der Waals surface area contributed by atoms with Gasteiger partial charge in [-0.1, -0.05) is 12.8 Å². The molecule has 26 heavy (non-hydrogen) atoms. The predicted molar refractivity (Wildman–Crippen MR) is 110 cm³/mol. The van der Waals surface area contributed by atoms with E-state index in [1.807, 2.05) is 23.6 Å². The van der Waals surface area contributed by atoms with Gasteiger partial charge < -0.3 is 16.0 Å². The lowest BCUT2D eigenvalue weighted by Crippen LogP contribution is -2.54. The summed E-state index contributed by atoms with van der Waals surface area (Å²) in [6.07, 6.45) is 7.69. The smallest absolute Gasteiger partial charge is 0.225 e. The number of halogens is 1. The van der Waals surface area contributed by atoms with Gasteiger partial charge in [0.25, 0.3) is 0 Å². The number of nitrogens with one attached hydrogen (secondary N) is 1. The van der Waals surface area contributed by atoms with Crippen molar-refractivity contribution in [2.45, 2.75) is 69.9 Å². The number of amides is 2. The SMILES string of the molecule is CC1(N)CCCCC1C(=O)NC1CCC(C(=O)N2CCSCC2)CC1.Cl. The number of hydrogen-bond donors (Lipinski definition) is 2. The minimum Gasteiger partial charge on any atom is -0.353 e. The van der Waals surface area contributed by atoms with Gasteiger partial charge in [0.1, 0.15) is 0 Å². The number of hydrogen-bond acceptors (Lipinski definition) is 4. The van der Waals surface area contributed by atoms with Crippen LogP contribution in [0, 0.1) is 11.8 Å². The highest BCUT2D eigenvalue weighted by molar-refractivity contribution is 7.99. The normalized spacial score (nSPS) is 35.3. The highest BCUT2D eigenvalue weighted by atomic mass is 35.5. The monoisotopic (exact) mass is 403 g/mol. The zero-order valence-electron chi connectivity index (χ0n) is 15.9. The topological polar surface area (TPSA) is 75.4 Å². The third kappa shape index (κ3) is 5.29. The Morgan fingerprint density at radius 2 is 1.73 bits per heavy atom. The molecule has 3 fully saturated rings. The Morgan fingerprint density at radius 3 is 2.35 bits per heavy atom. The van der Waals surface area contributed by atoms with E-state index in [9.17, 15) is 9.59 Å². The van der Waals surface area contributed by atoms with Gasteiger partial charge in [0.15, 0.2) is 0 Å². The number of carbonyl (C=O) groups is 2. The van der Waals surface area contributed by atoms with Gasteiger partial charge in [0, 0.05) is 42.1 Å². The fraction of sp³-hybridized carbons (Fsp3) is 0.895. The number of rotatable bonds is 3. The third-order valence-electron chi connectivity index (χ3n) is 6.32. The van der Waals surface area contributed by atoms with Gasteiger partial charge in [-0.15, -0.1) is 12.4 Å². The summed E-state index contributed by atoms with van der Waals surface area (Å²) in [5.74, 6) is 2.70. The molecule has 5 nitrogen and oxygen atoms in total. The molecular weight excluding hydrogens is 370 g/mol. The lowest BCUT2D eigenvalue weighted by atomic mass is 9.74. The van der Waals surface area contributed by atoms with Crippen LogP contribution in [0.2, 0.25) is 0 Å². The van der Waals surface area contributed by atoms with Crippen LogP contribution in [0.25, 0.3) is 0 Å². The van der Waals surface area contributed by atoms with Gasteiger partial charge in [-0.25, -0.2) is 0 Å². The highest BCUT2D eigenvalue weighted by Crippen LogP contribution is 2.33. The Labute approximate surface area is 168 Å². The van der Waals surface area contributed by atoms with E-state index in [-0.39, 0.29) is 41.7 Å². The number of nitrogens with zero attached hydrogens (tertiary/aromatic N) is 1. The molecule has 2 atom stereocenters. The van der Waals surface area contributed by atoms with Crippen molar-refractivity contribution in [2.75, 3.05) is 24.6 Å². The van der Waals surface area contributed by atoms with E-state index in [1.165, 1.54) is 0 Å². The quantitative estimate of drug-likeness (QED) is 0.759. The minimum absolute atomic E-state index is 0. The van der Waals surface area contributed by atoms with E-state index in [0.29, 0.717) is 5.91 Å². The Kier molecular flexibility index (Phi) is 8.10. The van der Waals surface area contributed by atoms with E-state index >= 15 is 0 Å². The first-order chi connectivity index (χ1) is 12.0. The largest absolute Gasteiger partial charge is 0.353 e. The summed E-state index contributed by atoms with van der Waals surface area (Å²) in [4.78, 5) is 27.3. The summed E-state index contributed by atoms with van der Waals surface area (Å²) >= 11 is 1.93. The molecule has 1 saturated heterocycles. The third-order valence-corrected chi connectivity index (χ3v) is 7.26. The second kappa shape index (κ2) is 9.65. The second-order valence-electron chi connectivity index (χ2n) is 8.30. The standard InChI is InChI=1S/C19H33N3O2S.ClH/c1-19(20)9-3-2-4-16(19)17(23)21-15-7-5-14(6-8-15)18(24)22-10-12-25-13-11-22;/h14-16H,2-13,20H2,1H3,(H,21,23);1H. The van der Waals surface area contributed by atoms with Gasteiger partial charge in [-0.3, -0.25) is 9.59 Å².